The minimum Gasteiger partial charge on any atom is -0.370 e. The molecule has 1 heterocycles. The number of urea groups is 1. The highest BCUT2D eigenvalue weighted by molar-refractivity contribution is 6.19. The van der Waals surface area contributed by atoms with Gasteiger partial charge in [-0.1, -0.05) is 24.3 Å². The van der Waals surface area contributed by atoms with Crippen LogP contribution in [0.1, 0.15) is 47.9 Å². The Hall–Kier alpha value is -4.83. The second-order valence-electron chi connectivity index (χ2n) is 11.0. The molecule has 3 rings (SSSR count). The van der Waals surface area contributed by atoms with Gasteiger partial charge in [-0.25, -0.2) is 4.79 Å². The average molecular weight is 671 g/mol. The first-order chi connectivity index (χ1) is 22.0. The van der Waals surface area contributed by atoms with Gasteiger partial charge < -0.3 is 22.9 Å². The molecule has 2 aromatic rings. The van der Waals surface area contributed by atoms with Crippen LogP contribution >= 0.6 is 0 Å². The van der Waals surface area contributed by atoms with Crippen molar-refractivity contribution in [3.63, 3.8) is 0 Å². The second kappa shape index (κ2) is 15.2. The Kier molecular flexibility index (Phi) is 11.8. The maximum absolute atomic E-state index is 14.3. The first kappa shape index (κ1) is 36.6. The molecule has 11 nitrogen and oxygen atoms in total. The predicted molar refractivity (Wildman–Crippen MR) is 161 cm³/mol. The number of unbranched alkanes of at least 4 members (excludes halogenated alkanes) is 2. The molecule has 17 heteroatoms. The van der Waals surface area contributed by atoms with Gasteiger partial charge in [0.05, 0.1) is 11.1 Å². The number of aliphatic imine (C=N–C) groups is 2. The first-order valence-electron chi connectivity index (χ1n) is 14.6. The molecule has 1 aliphatic heterocycles. The number of barbiturate groups is 1. The molecule has 0 aliphatic carbocycles. The van der Waals surface area contributed by atoms with E-state index in [9.17, 15) is 40.7 Å². The summed E-state index contributed by atoms with van der Waals surface area (Å²) in [5.41, 5.74) is 17.7. The molecule has 2 aromatic carbocycles. The Labute approximate surface area is 266 Å². The van der Waals surface area contributed by atoms with Gasteiger partial charge in [-0.15, -0.1) is 0 Å². The van der Waals surface area contributed by atoms with Crippen LogP contribution in [0.25, 0.3) is 0 Å². The van der Waals surface area contributed by atoms with Crippen LogP contribution in [0.3, 0.4) is 0 Å². The van der Waals surface area contributed by atoms with E-state index >= 15 is 0 Å². The lowest BCUT2D eigenvalue weighted by Gasteiger charge is -2.44. The summed E-state index contributed by atoms with van der Waals surface area (Å²) in [6.07, 6.45) is -9.00. The van der Waals surface area contributed by atoms with Gasteiger partial charge >= 0.3 is 18.4 Å². The van der Waals surface area contributed by atoms with Crippen LogP contribution in [0.4, 0.5) is 31.1 Å². The molecule has 0 radical (unpaired) electrons. The average Bonchev–Trinajstić information content (AvgIpc) is 2.98. The Morgan fingerprint density at radius 1 is 0.596 bits per heavy atom. The lowest BCUT2D eigenvalue weighted by atomic mass is 9.72. The molecular weight excluding hydrogens is 634 g/mol. The van der Waals surface area contributed by atoms with Crippen molar-refractivity contribution in [2.45, 2.75) is 50.9 Å². The molecule has 1 aliphatic rings. The minimum atomic E-state index is -4.65. The molecular formula is C30H36F6N8O3. The molecule has 0 saturated carbocycles. The van der Waals surface area contributed by atoms with E-state index in [4.69, 9.17) is 22.9 Å². The number of nitrogens with zero attached hydrogens (tertiary/aromatic N) is 4. The van der Waals surface area contributed by atoms with Crippen molar-refractivity contribution in [3.8, 4) is 0 Å². The number of benzene rings is 2. The number of rotatable bonds is 14. The van der Waals surface area contributed by atoms with Gasteiger partial charge in [0.2, 0.25) is 11.8 Å². The summed E-state index contributed by atoms with van der Waals surface area (Å²) in [5.74, 6) is -2.16. The van der Waals surface area contributed by atoms with E-state index < -0.39 is 59.6 Å². The number of imide groups is 2. The van der Waals surface area contributed by atoms with Crippen molar-refractivity contribution < 1.29 is 40.7 Å². The van der Waals surface area contributed by atoms with Gasteiger partial charge in [0.25, 0.3) is 0 Å². The van der Waals surface area contributed by atoms with Gasteiger partial charge in [-0.05, 0) is 73.9 Å². The number of hydrogen-bond acceptors (Lipinski definition) is 5. The smallest absolute Gasteiger partial charge is 0.370 e. The van der Waals surface area contributed by atoms with Crippen LogP contribution in [0.2, 0.25) is 0 Å². The first-order valence-corrected chi connectivity index (χ1v) is 14.6. The minimum absolute atomic E-state index is 0.153. The molecule has 0 spiro atoms. The largest absolute Gasteiger partial charge is 0.416 e. The van der Waals surface area contributed by atoms with Crippen LogP contribution in [0.5, 0.6) is 0 Å². The Bertz CT molecular complexity index is 1360. The summed E-state index contributed by atoms with van der Waals surface area (Å²) in [6, 6.07) is 6.76. The normalized spacial score (nSPS) is 15.1. The summed E-state index contributed by atoms with van der Waals surface area (Å²) in [6.45, 7) is 0.0664. The highest BCUT2D eigenvalue weighted by Gasteiger charge is 2.57. The standard InChI is InChI=1S/C30H36F6N8O3/c31-29(32,33)21-9-5-19(6-10-21)17-28(18-20-7-11-22(12-8-20)30(34,35)36)23(45)43(15-3-1-13-41-25(37)38)27(47)44(24(28)46)16-4-2-14-42-26(39)40/h5-12H,1-4,13-18H2,(H4,37,38,41)(H4,39,40,42). The van der Waals surface area contributed by atoms with Crippen LogP contribution in [-0.2, 0) is 34.8 Å². The maximum Gasteiger partial charge on any atom is 0.416 e. The molecule has 0 bridgehead atoms. The summed E-state index contributed by atoms with van der Waals surface area (Å²) in [7, 11) is 0. The van der Waals surface area contributed by atoms with Crippen molar-refractivity contribution in [3.05, 3.63) is 70.8 Å². The van der Waals surface area contributed by atoms with E-state index in [0.717, 1.165) is 58.3 Å². The van der Waals surface area contributed by atoms with E-state index in [-0.39, 0.29) is 62.1 Å². The number of carbonyl (C=O) groups is 3. The molecule has 256 valence electrons. The van der Waals surface area contributed by atoms with Crippen molar-refractivity contribution in [1.82, 2.24) is 9.80 Å². The lowest BCUT2D eigenvalue weighted by Crippen LogP contribution is -2.66. The number of halogens is 6. The van der Waals surface area contributed by atoms with Crippen LogP contribution in [0.15, 0.2) is 58.5 Å². The van der Waals surface area contributed by atoms with Gasteiger partial charge in [0.1, 0.15) is 5.41 Å². The van der Waals surface area contributed by atoms with E-state index in [1.165, 1.54) is 0 Å². The van der Waals surface area contributed by atoms with Gasteiger partial charge in [-0.3, -0.25) is 29.4 Å². The topological polar surface area (TPSA) is 186 Å². The highest BCUT2D eigenvalue weighted by atomic mass is 19.4. The number of nitrogens with two attached hydrogens (primary N) is 4. The third kappa shape index (κ3) is 9.59. The number of alkyl halides is 6. The molecule has 0 atom stereocenters. The van der Waals surface area contributed by atoms with Gasteiger partial charge in [0.15, 0.2) is 11.9 Å². The fraction of sp³-hybridized carbons (Fsp3) is 0.433. The zero-order chi connectivity index (χ0) is 35.0. The van der Waals surface area contributed by atoms with Crippen molar-refractivity contribution >= 4 is 29.8 Å². The fourth-order valence-corrected chi connectivity index (χ4v) is 5.19. The Morgan fingerprint density at radius 2 is 0.936 bits per heavy atom. The third-order valence-corrected chi connectivity index (χ3v) is 7.51. The quantitative estimate of drug-likeness (QED) is 0.0780. The predicted octanol–water partition coefficient (Wildman–Crippen LogP) is 3.39. The number of carbonyl (C=O) groups excluding carboxylic acids is 3. The molecule has 1 fully saturated rings. The summed E-state index contributed by atoms with van der Waals surface area (Å²) in [5, 5.41) is 0. The maximum atomic E-state index is 14.3. The molecule has 4 amide bonds. The van der Waals surface area contributed by atoms with Crippen molar-refractivity contribution in [2.75, 3.05) is 26.2 Å². The molecule has 47 heavy (non-hydrogen) atoms. The number of guanidine groups is 2. The van der Waals surface area contributed by atoms with Crippen molar-refractivity contribution in [1.29, 1.82) is 0 Å². The Balaban J connectivity index is 2.07. The molecule has 1 saturated heterocycles. The zero-order valence-electron chi connectivity index (χ0n) is 25.3. The molecule has 0 aromatic heterocycles. The van der Waals surface area contributed by atoms with Gasteiger partial charge in [0, 0.05) is 26.2 Å². The van der Waals surface area contributed by atoms with Crippen LogP contribution in [-0.4, -0.2) is 65.7 Å². The molecule has 8 N–H and O–H groups in total. The SMILES string of the molecule is NC(N)=NCCCCN1C(=O)N(CCCCN=C(N)N)C(=O)C(Cc2ccc(C(F)(F)F)cc2)(Cc2ccc(C(F)(F)F)cc2)C1=O. The highest BCUT2D eigenvalue weighted by Crippen LogP contribution is 2.39. The number of hydrogen-bond donors (Lipinski definition) is 4. The number of amides is 4. The van der Waals surface area contributed by atoms with Crippen molar-refractivity contribution in [2.24, 2.45) is 38.3 Å². The van der Waals surface area contributed by atoms with E-state index in [1.54, 1.807) is 0 Å². The summed E-state index contributed by atoms with van der Waals surface area (Å²) < 4.78 is 79.7. The van der Waals surface area contributed by atoms with Gasteiger partial charge in [-0.2, -0.15) is 26.3 Å². The van der Waals surface area contributed by atoms with E-state index in [1.807, 2.05) is 0 Å². The summed E-state index contributed by atoms with van der Waals surface area (Å²) in [4.78, 5) is 51.7. The summed E-state index contributed by atoms with van der Waals surface area (Å²) >= 11 is 0. The van der Waals surface area contributed by atoms with Crippen LogP contribution in [0, 0.1) is 5.41 Å². The fourth-order valence-electron chi connectivity index (χ4n) is 5.19. The molecule has 0 unspecified atom stereocenters. The second-order valence-corrected chi connectivity index (χ2v) is 11.0. The Morgan fingerprint density at radius 3 is 1.23 bits per heavy atom. The van der Waals surface area contributed by atoms with E-state index in [0.29, 0.717) is 12.8 Å². The van der Waals surface area contributed by atoms with E-state index in [2.05, 4.69) is 9.98 Å². The van der Waals surface area contributed by atoms with Crippen LogP contribution < -0.4 is 22.9 Å². The zero-order valence-corrected chi connectivity index (χ0v) is 25.3. The third-order valence-electron chi connectivity index (χ3n) is 7.51. The monoisotopic (exact) mass is 670 g/mol. The lowest BCUT2D eigenvalue weighted by molar-refractivity contribution is -0.159.